The van der Waals surface area contributed by atoms with Crippen LogP contribution in [0.15, 0.2) is 41.3 Å². The van der Waals surface area contributed by atoms with Gasteiger partial charge in [-0.15, -0.1) is 0 Å². The molecule has 24 heavy (non-hydrogen) atoms. The molecular formula is C19H27NO3S. The molecule has 0 aliphatic heterocycles. The molecule has 0 bridgehead atoms. The number of hydrogen-bond acceptors (Lipinski definition) is 3. The van der Waals surface area contributed by atoms with E-state index in [4.69, 9.17) is 4.74 Å². The molecule has 0 radical (unpaired) electrons. The smallest absolute Gasteiger partial charge is 0.243 e. The highest BCUT2D eigenvalue weighted by atomic mass is 32.2. The predicted molar refractivity (Wildman–Crippen MR) is 99.1 cm³/mol. The van der Waals surface area contributed by atoms with Gasteiger partial charge in [0.15, 0.2) is 0 Å². The first-order chi connectivity index (χ1) is 11.6. The van der Waals surface area contributed by atoms with E-state index in [0.29, 0.717) is 24.6 Å². The second kappa shape index (κ2) is 8.49. The molecule has 2 aromatic carbocycles. The van der Waals surface area contributed by atoms with E-state index in [1.54, 1.807) is 16.4 Å². The van der Waals surface area contributed by atoms with Crippen LogP contribution in [0.5, 0.6) is 5.75 Å². The lowest BCUT2D eigenvalue weighted by Crippen LogP contribution is -2.32. The third-order valence-electron chi connectivity index (χ3n) is 3.87. The van der Waals surface area contributed by atoms with E-state index in [0.717, 1.165) is 35.8 Å². The summed E-state index contributed by atoms with van der Waals surface area (Å²) in [7, 11) is -3.51. The Bertz CT molecular complexity index is 765. The molecule has 0 aromatic heterocycles. The zero-order chi connectivity index (χ0) is 17.6. The van der Waals surface area contributed by atoms with E-state index >= 15 is 0 Å². The van der Waals surface area contributed by atoms with Crippen LogP contribution >= 0.6 is 0 Å². The summed E-state index contributed by atoms with van der Waals surface area (Å²) in [6.07, 6.45) is 2.51. The van der Waals surface area contributed by atoms with Gasteiger partial charge in [-0.2, -0.15) is 4.31 Å². The summed E-state index contributed by atoms with van der Waals surface area (Å²) in [5.74, 6) is 0.740. The summed E-state index contributed by atoms with van der Waals surface area (Å²) < 4.78 is 33.6. The first kappa shape index (κ1) is 18.7. The maximum absolute atomic E-state index is 13.1. The summed E-state index contributed by atoms with van der Waals surface area (Å²) in [6, 6.07) is 11.0. The van der Waals surface area contributed by atoms with Crippen molar-refractivity contribution >= 4 is 20.8 Å². The fraction of sp³-hybridized carbons (Fsp3) is 0.474. The van der Waals surface area contributed by atoms with Crippen LogP contribution in [0, 0.1) is 0 Å². The summed E-state index contributed by atoms with van der Waals surface area (Å²) in [5, 5.41) is 1.57. The van der Waals surface area contributed by atoms with Crippen molar-refractivity contribution in [1.29, 1.82) is 0 Å². The van der Waals surface area contributed by atoms with Crippen molar-refractivity contribution in [1.82, 2.24) is 4.31 Å². The molecule has 0 heterocycles. The Balaban J connectivity index is 2.56. The van der Waals surface area contributed by atoms with Gasteiger partial charge in [0.1, 0.15) is 5.75 Å². The molecule has 5 heteroatoms. The van der Waals surface area contributed by atoms with Gasteiger partial charge in [0.05, 0.1) is 11.5 Å². The molecule has 2 rings (SSSR count). The number of rotatable bonds is 9. The predicted octanol–water partition coefficient (Wildman–Crippen LogP) is 4.44. The maximum atomic E-state index is 13.1. The van der Waals surface area contributed by atoms with Gasteiger partial charge in [0.25, 0.3) is 0 Å². The van der Waals surface area contributed by atoms with Crippen LogP contribution in [0.2, 0.25) is 0 Å². The van der Waals surface area contributed by atoms with E-state index in [1.807, 2.05) is 45.0 Å². The highest BCUT2D eigenvalue weighted by Gasteiger charge is 2.25. The molecule has 0 N–H and O–H groups in total. The minimum absolute atomic E-state index is 0.365. The van der Waals surface area contributed by atoms with Gasteiger partial charge < -0.3 is 4.74 Å². The minimum Gasteiger partial charge on any atom is -0.493 e. The monoisotopic (exact) mass is 349 g/mol. The van der Waals surface area contributed by atoms with E-state index in [2.05, 4.69) is 0 Å². The third kappa shape index (κ3) is 3.90. The molecule has 132 valence electrons. The minimum atomic E-state index is -3.51. The maximum Gasteiger partial charge on any atom is 0.243 e. The fourth-order valence-electron chi connectivity index (χ4n) is 2.80. The first-order valence-electron chi connectivity index (χ1n) is 8.70. The van der Waals surface area contributed by atoms with Crippen LogP contribution in [0.1, 0.15) is 40.0 Å². The summed E-state index contributed by atoms with van der Waals surface area (Å²) >= 11 is 0. The molecule has 0 spiro atoms. The summed E-state index contributed by atoms with van der Waals surface area (Å²) in [6.45, 7) is 7.75. The largest absolute Gasteiger partial charge is 0.493 e. The highest BCUT2D eigenvalue weighted by Crippen LogP contribution is 2.32. The van der Waals surface area contributed by atoms with E-state index in [9.17, 15) is 8.42 Å². The number of sulfonamides is 1. The second-order valence-corrected chi connectivity index (χ2v) is 7.77. The Hall–Kier alpha value is -1.59. The quantitative estimate of drug-likeness (QED) is 0.672. The summed E-state index contributed by atoms with van der Waals surface area (Å²) in [5.41, 5.74) is 0. The molecule has 4 nitrogen and oxygen atoms in total. The topological polar surface area (TPSA) is 46.6 Å². The molecule has 0 fully saturated rings. The zero-order valence-electron chi connectivity index (χ0n) is 14.8. The Morgan fingerprint density at radius 3 is 2.08 bits per heavy atom. The normalized spacial score (nSPS) is 12.0. The molecular weight excluding hydrogens is 322 g/mol. The molecule has 0 saturated heterocycles. The fourth-order valence-corrected chi connectivity index (χ4v) is 4.62. The summed E-state index contributed by atoms with van der Waals surface area (Å²) in [4.78, 5) is 0.365. The average Bonchev–Trinajstić information content (AvgIpc) is 2.59. The van der Waals surface area contributed by atoms with E-state index < -0.39 is 10.0 Å². The number of nitrogens with zero attached hydrogens (tertiary/aromatic N) is 1. The molecule has 0 amide bonds. The van der Waals surface area contributed by atoms with Gasteiger partial charge in [0.2, 0.25) is 10.0 Å². The van der Waals surface area contributed by atoms with Crippen molar-refractivity contribution in [3.05, 3.63) is 36.4 Å². The highest BCUT2D eigenvalue weighted by molar-refractivity contribution is 7.89. The SMILES string of the molecule is CCCOc1ccc(S(=O)(=O)N(CCC)CCC)c2ccccc12. The van der Waals surface area contributed by atoms with Gasteiger partial charge in [-0.25, -0.2) is 8.42 Å². The lowest BCUT2D eigenvalue weighted by atomic mass is 10.1. The van der Waals surface area contributed by atoms with Crippen molar-refractivity contribution in [2.24, 2.45) is 0 Å². The molecule has 0 unspecified atom stereocenters. The van der Waals surface area contributed by atoms with Crippen LogP contribution in [0.3, 0.4) is 0 Å². The standard InChI is InChI=1S/C19H27NO3S/c1-4-13-20(14-5-2)24(21,22)19-12-11-18(23-15-6-3)16-9-7-8-10-17(16)19/h7-12H,4-6,13-15H2,1-3H3. The third-order valence-corrected chi connectivity index (χ3v) is 5.83. The molecule has 0 aliphatic carbocycles. The van der Waals surface area contributed by atoms with Crippen molar-refractivity contribution in [3.8, 4) is 5.75 Å². The van der Waals surface area contributed by atoms with E-state index in [1.165, 1.54) is 0 Å². The Labute approximate surface area is 145 Å². The van der Waals surface area contributed by atoms with E-state index in [-0.39, 0.29) is 0 Å². The van der Waals surface area contributed by atoms with Crippen molar-refractivity contribution in [3.63, 3.8) is 0 Å². The number of benzene rings is 2. The van der Waals surface area contributed by atoms with Gasteiger partial charge in [-0.05, 0) is 31.4 Å². The van der Waals surface area contributed by atoms with Crippen molar-refractivity contribution in [2.75, 3.05) is 19.7 Å². The Morgan fingerprint density at radius 1 is 0.875 bits per heavy atom. The number of ether oxygens (including phenoxy) is 1. The molecule has 0 atom stereocenters. The Morgan fingerprint density at radius 2 is 1.50 bits per heavy atom. The number of hydrogen-bond donors (Lipinski definition) is 0. The second-order valence-electron chi connectivity index (χ2n) is 5.86. The van der Waals surface area contributed by atoms with Crippen LogP contribution in [0.25, 0.3) is 10.8 Å². The average molecular weight is 349 g/mol. The first-order valence-corrected chi connectivity index (χ1v) is 10.1. The molecule has 0 aliphatic rings. The number of fused-ring (bicyclic) bond motifs is 1. The van der Waals surface area contributed by atoms with Gasteiger partial charge in [0, 0.05) is 23.9 Å². The van der Waals surface area contributed by atoms with Crippen molar-refractivity contribution < 1.29 is 13.2 Å². The van der Waals surface area contributed by atoms with Crippen LogP contribution in [0.4, 0.5) is 0 Å². The zero-order valence-corrected chi connectivity index (χ0v) is 15.6. The van der Waals surface area contributed by atoms with Crippen LogP contribution < -0.4 is 4.74 Å². The van der Waals surface area contributed by atoms with Crippen molar-refractivity contribution in [2.45, 2.75) is 44.9 Å². The lowest BCUT2D eigenvalue weighted by molar-refractivity contribution is 0.321. The van der Waals surface area contributed by atoms with Gasteiger partial charge in [-0.1, -0.05) is 45.0 Å². The van der Waals surface area contributed by atoms with Crippen LogP contribution in [-0.2, 0) is 10.0 Å². The lowest BCUT2D eigenvalue weighted by Gasteiger charge is -2.22. The van der Waals surface area contributed by atoms with Gasteiger partial charge >= 0.3 is 0 Å². The van der Waals surface area contributed by atoms with Crippen LogP contribution in [-0.4, -0.2) is 32.4 Å². The Kier molecular flexibility index (Phi) is 6.63. The molecule has 2 aromatic rings. The van der Waals surface area contributed by atoms with Gasteiger partial charge in [-0.3, -0.25) is 0 Å². The molecule has 0 saturated carbocycles.